The third-order valence-electron chi connectivity index (χ3n) is 2.91. The van der Waals surface area contributed by atoms with Crippen LogP contribution in [0, 0.1) is 0 Å². The molecule has 11 heteroatoms. The van der Waals surface area contributed by atoms with E-state index in [0.29, 0.717) is 5.52 Å². The molecule has 0 fully saturated rings. The van der Waals surface area contributed by atoms with Crippen LogP contribution in [0.1, 0.15) is 6.92 Å². The summed E-state index contributed by atoms with van der Waals surface area (Å²) in [6, 6.07) is 2.90. The SMILES string of the molecule is CC(=O)On1c(-c2nccnc2N)nc2ccc(B(O)O)nc21. The predicted molar refractivity (Wildman–Crippen MR) is 80.1 cm³/mol. The molecule has 0 aliphatic rings. The smallest absolute Gasteiger partial charge is 0.422 e. The predicted octanol–water partition coefficient (Wildman–Crippen LogP) is -1.87. The highest BCUT2D eigenvalue weighted by Gasteiger charge is 2.22. The maximum Gasteiger partial charge on any atom is 0.508 e. The molecule has 0 saturated carbocycles. The first kappa shape index (κ1) is 14.9. The van der Waals surface area contributed by atoms with Crippen molar-refractivity contribution in [1.82, 2.24) is 24.7 Å². The number of rotatable bonds is 3. The number of nitrogen functional groups attached to an aromatic ring is 1. The lowest BCUT2D eigenvalue weighted by atomic mass is 9.86. The molecule has 116 valence electrons. The monoisotopic (exact) mass is 314 g/mol. The maximum absolute atomic E-state index is 11.4. The van der Waals surface area contributed by atoms with E-state index in [1.165, 1.54) is 31.5 Å². The van der Waals surface area contributed by atoms with Gasteiger partial charge in [0.05, 0.1) is 5.59 Å². The molecular weight excluding hydrogens is 303 g/mol. The number of carbonyl (C=O) groups is 1. The Morgan fingerprint density at radius 3 is 2.65 bits per heavy atom. The lowest BCUT2D eigenvalue weighted by Crippen LogP contribution is -2.33. The fraction of sp³-hybridized carbons (Fsp3) is 0.0833. The van der Waals surface area contributed by atoms with E-state index in [1.807, 2.05) is 0 Å². The number of nitrogens with zero attached hydrogens (tertiary/aromatic N) is 5. The highest BCUT2D eigenvalue weighted by atomic mass is 16.7. The van der Waals surface area contributed by atoms with Crippen molar-refractivity contribution < 1.29 is 19.7 Å². The Bertz CT molecular complexity index is 896. The van der Waals surface area contributed by atoms with Gasteiger partial charge in [0.1, 0.15) is 5.52 Å². The van der Waals surface area contributed by atoms with Crippen LogP contribution in [0.3, 0.4) is 0 Å². The third-order valence-corrected chi connectivity index (χ3v) is 2.91. The lowest BCUT2D eigenvalue weighted by Gasteiger charge is -2.07. The number of nitrogens with two attached hydrogens (primary N) is 1. The standard InChI is InChI=1S/C12H11BN6O4/c1-6(20)23-19-11-7(2-3-8(18-11)13(21)22)17-12(19)9-10(14)16-5-4-15-9/h2-5,21-22H,1H3,(H2,14,16). The van der Waals surface area contributed by atoms with Gasteiger partial charge in [-0.3, -0.25) is 0 Å². The average Bonchev–Trinajstić information content (AvgIpc) is 2.85. The van der Waals surface area contributed by atoms with Crippen LogP contribution in [0.4, 0.5) is 5.82 Å². The largest absolute Gasteiger partial charge is 0.508 e. The topological polar surface area (TPSA) is 149 Å². The Balaban J connectivity index is 2.29. The van der Waals surface area contributed by atoms with E-state index < -0.39 is 13.1 Å². The highest BCUT2D eigenvalue weighted by molar-refractivity contribution is 6.57. The summed E-state index contributed by atoms with van der Waals surface area (Å²) in [6.45, 7) is 1.21. The van der Waals surface area contributed by atoms with E-state index in [0.717, 1.165) is 4.73 Å². The number of imidazole rings is 1. The lowest BCUT2D eigenvalue weighted by molar-refractivity contribution is -0.140. The van der Waals surface area contributed by atoms with Gasteiger partial charge in [0, 0.05) is 19.3 Å². The van der Waals surface area contributed by atoms with Gasteiger partial charge in [-0.1, -0.05) is 0 Å². The molecule has 0 aliphatic heterocycles. The number of carbonyl (C=O) groups excluding carboxylic acids is 1. The molecule has 10 nitrogen and oxygen atoms in total. The second kappa shape index (κ2) is 5.63. The number of hydrogen-bond acceptors (Lipinski definition) is 9. The van der Waals surface area contributed by atoms with Gasteiger partial charge in [-0.05, 0) is 12.1 Å². The second-order valence-corrected chi connectivity index (χ2v) is 4.56. The van der Waals surface area contributed by atoms with Gasteiger partial charge in [0.2, 0.25) is 5.82 Å². The quantitative estimate of drug-likeness (QED) is 0.472. The number of pyridine rings is 1. The van der Waals surface area contributed by atoms with E-state index in [2.05, 4.69) is 19.9 Å². The Hall–Kier alpha value is -3.05. The van der Waals surface area contributed by atoms with Crippen molar-refractivity contribution in [3.63, 3.8) is 0 Å². The van der Waals surface area contributed by atoms with Crippen LogP contribution < -0.4 is 16.2 Å². The minimum atomic E-state index is -1.77. The van der Waals surface area contributed by atoms with Crippen molar-refractivity contribution in [2.24, 2.45) is 0 Å². The van der Waals surface area contributed by atoms with Crippen LogP contribution in [0.5, 0.6) is 0 Å². The summed E-state index contributed by atoms with van der Waals surface area (Å²) >= 11 is 0. The fourth-order valence-electron chi connectivity index (χ4n) is 1.98. The summed E-state index contributed by atoms with van der Waals surface area (Å²) in [5.41, 5.74) is 6.44. The summed E-state index contributed by atoms with van der Waals surface area (Å²) < 4.78 is 1.03. The highest BCUT2D eigenvalue weighted by Crippen LogP contribution is 2.23. The molecule has 3 aromatic heterocycles. The van der Waals surface area contributed by atoms with Crippen molar-refractivity contribution in [3.05, 3.63) is 24.5 Å². The molecule has 0 saturated heterocycles. The van der Waals surface area contributed by atoms with Gasteiger partial charge in [-0.25, -0.2) is 24.7 Å². The van der Waals surface area contributed by atoms with Crippen LogP contribution in [0.15, 0.2) is 24.5 Å². The molecule has 0 spiro atoms. The average molecular weight is 314 g/mol. The summed E-state index contributed by atoms with van der Waals surface area (Å²) in [5.74, 6) is -0.402. The second-order valence-electron chi connectivity index (χ2n) is 4.56. The normalized spacial score (nSPS) is 10.7. The number of aromatic nitrogens is 5. The van der Waals surface area contributed by atoms with Gasteiger partial charge < -0.3 is 20.6 Å². The van der Waals surface area contributed by atoms with Crippen molar-refractivity contribution in [2.45, 2.75) is 6.92 Å². The molecule has 0 unspecified atom stereocenters. The Morgan fingerprint density at radius 1 is 1.26 bits per heavy atom. The van der Waals surface area contributed by atoms with Crippen molar-refractivity contribution in [3.8, 4) is 11.5 Å². The molecule has 4 N–H and O–H groups in total. The maximum atomic E-state index is 11.4. The minimum Gasteiger partial charge on any atom is -0.422 e. The van der Waals surface area contributed by atoms with Crippen LogP contribution >= 0.6 is 0 Å². The Morgan fingerprint density at radius 2 is 2.00 bits per heavy atom. The molecule has 3 rings (SSSR count). The van der Waals surface area contributed by atoms with Crippen LogP contribution in [-0.4, -0.2) is 47.8 Å². The minimum absolute atomic E-state index is 0.0236. The Labute approximate surface area is 129 Å². The molecule has 3 aromatic rings. The number of hydrogen-bond donors (Lipinski definition) is 3. The third kappa shape index (κ3) is 2.70. The zero-order valence-corrected chi connectivity index (χ0v) is 11.9. The zero-order valence-electron chi connectivity index (χ0n) is 11.9. The van der Waals surface area contributed by atoms with Crippen molar-refractivity contribution in [1.29, 1.82) is 0 Å². The van der Waals surface area contributed by atoms with E-state index >= 15 is 0 Å². The molecule has 23 heavy (non-hydrogen) atoms. The summed E-state index contributed by atoms with van der Waals surface area (Å²) in [5, 5.41) is 18.5. The van der Waals surface area contributed by atoms with Gasteiger partial charge >= 0.3 is 13.1 Å². The molecule has 0 aliphatic carbocycles. The van der Waals surface area contributed by atoms with Gasteiger partial charge in [-0.15, -0.1) is 4.73 Å². The summed E-state index contributed by atoms with van der Waals surface area (Å²) in [4.78, 5) is 32.8. The number of anilines is 1. The summed E-state index contributed by atoms with van der Waals surface area (Å²) in [7, 11) is -1.77. The van der Waals surface area contributed by atoms with Crippen LogP contribution in [0.25, 0.3) is 22.7 Å². The first-order chi connectivity index (χ1) is 11.0. The van der Waals surface area contributed by atoms with Crippen molar-refractivity contribution >= 4 is 35.7 Å². The summed E-state index contributed by atoms with van der Waals surface area (Å²) in [6.07, 6.45) is 2.83. The van der Waals surface area contributed by atoms with Gasteiger partial charge in [-0.2, -0.15) is 0 Å². The molecule has 0 amide bonds. The van der Waals surface area contributed by atoms with Crippen molar-refractivity contribution in [2.75, 3.05) is 5.73 Å². The molecular formula is C12H11BN6O4. The van der Waals surface area contributed by atoms with E-state index in [9.17, 15) is 14.8 Å². The van der Waals surface area contributed by atoms with E-state index in [-0.39, 0.29) is 28.6 Å². The van der Waals surface area contributed by atoms with Crippen LogP contribution in [0.2, 0.25) is 0 Å². The number of fused-ring (bicyclic) bond motifs is 1. The molecule has 0 bridgehead atoms. The molecule has 0 atom stereocenters. The molecule has 3 heterocycles. The fourth-order valence-corrected chi connectivity index (χ4v) is 1.98. The van der Waals surface area contributed by atoms with Crippen LogP contribution in [-0.2, 0) is 4.79 Å². The zero-order chi connectivity index (χ0) is 16.6. The van der Waals surface area contributed by atoms with E-state index in [4.69, 9.17) is 10.6 Å². The molecule has 0 radical (unpaired) electrons. The molecule has 0 aromatic carbocycles. The van der Waals surface area contributed by atoms with Gasteiger partial charge in [0.15, 0.2) is 17.2 Å². The Kier molecular flexibility index (Phi) is 3.64. The first-order valence-corrected chi connectivity index (χ1v) is 6.48. The van der Waals surface area contributed by atoms with Gasteiger partial charge in [0.25, 0.3) is 0 Å². The van der Waals surface area contributed by atoms with E-state index in [1.54, 1.807) is 0 Å². The first-order valence-electron chi connectivity index (χ1n) is 6.48.